The van der Waals surface area contributed by atoms with E-state index >= 15 is 0 Å². The fourth-order valence-corrected chi connectivity index (χ4v) is 5.08. The van der Waals surface area contributed by atoms with Crippen molar-refractivity contribution in [2.75, 3.05) is 14.2 Å². The first-order valence-corrected chi connectivity index (χ1v) is 13.2. The molecule has 1 aromatic carbocycles. The number of ether oxygens (including phenoxy) is 2. The maximum atomic E-state index is 13.3. The lowest BCUT2D eigenvalue weighted by Crippen LogP contribution is -2.36. The van der Waals surface area contributed by atoms with Gasteiger partial charge in [0.25, 0.3) is 0 Å². The molecular weight excluding hydrogens is 450 g/mol. The third-order valence-corrected chi connectivity index (χ3v) is 7.42. The Morgan fingerprint density at radius 3 is 2.03 bits per heavy atom. The molecule has 34 heavy (non-hydrogen) atoms. The first-order chi connectivity index (χ1) is 16.3. The molecule has 1 amide bonds. The molecule has 0 bridgehead atoms. The Bertz CT molecular complexity index is 893. The van der Waals surface area contributed by atoms with E-state index in [2.05, 4.69) is 12.2 Å². The van der Waals surface area contributed by atoms with Gasteiger partial charge in [-0.3, -0.25) is 14.4 Å². The van der Waals surface area contributed by atoms with Crippen LogP contribution in [-0.4, -0.2) is 37.1 Å². The van der Waals surface area contributed by atoms with Crippen LogP contribution in [0.1, 0.15) is 99.3 Å². The number of hydrogen-bond donors (Lipinski definition) is 1. The minimum atomic E-state index is -0.317. The fourth-order valence-electron chi connectivity index (χ4n) is 3.96. The Hall–Kier alpha value is -2.28. The molecule has 2 rings (SSSR count). The van der Waals surface area contributed by atoms with Gasteiger partial charge in [0, 0.05) is 12.5 Å². The minimum Gasteiger partial charge on any atom is -0.496 e. The van der Waals surface area contributed by atoms with Gasteiger partial charge in [-0.05, 0) is 24.5 Å². The van der Waals surface area contributed by atoms with Crippen LogP contribution in [0.4, 0.5) is 0 Å². The third kappa shape index (κ3) is 7.62. The number of rotatable bonds is 15. The number of nitrogens with one attached hydrogen (secondary N) is 1. The number of amides is 1. The first-order valence-electron chi connectivity index (χ1n) is 12.4. The topological polar surface area (TPSA) is 81.7 Å². The number of benzene rings is 1. The van der Waals surface area contributed by atoms with Crippen LogP contribution in [0.15, 0.2) is 23.1 Å². The molecule has 1 unspecified atom stereocenters. The normalized spacial score (nSPS) is 14.0. The van der Waals surface area contributed by atoms with E-state index in [0.29, 0.717) is 22.8 Å². The predicted molar refractivity (Wildman–Crippen MR) is 138 cm³/mol. The van der Waals surface area contributed by atoms with E-state index in [9.17, 15) is 14.4 Å². The van der Waals surface area contributed by atoms with Crippen LogP contribution < -0.4 is 14.8 Å². The second-order valence-electron chi connectivity index (χ2n) is 9.00. The second kappa shape index (κ2) is 14.2. The molecule has 1 aromatic rings. The molecule has 0 spiro atoms. The summed E-state index contributed by atoms with van der Waals surface area (Å²) in [6.45, 7) is 6.19. The van der Waals surface area contributed by atoms with Gasteiger partial charge in [-0.25, -0.2) is 0 Å². The Kier molecular flexibility index (Phi) is 11.7. The maximum Gasteiger partial charge on any atom is 0.220 e. The van der Waals surface area contributed by atoms with Gasteiger partial charge in [-0.15, -0.1) is 0 Å². The molecule has 0 heterocycles. The average Bonchev–Trinajstić information content (AvgIpc) is 2.82. The molecule has 1 aliphatic rings. The zero-order valence-electron chi connectivity index (χ0n) is 21.2. The predicted octanol–water partition coefficient (Wildman–Crippen LogP) is 6.33. The van der Waals surface area contributed by atoms with E-state index in [0.717, 1.165) is 19.3 Å². The van der Waals surface area contributed by atoms with Crippen LogP contribution in [-0.2, 0) is 4.79 Å². The standard InChI is InChI=1S/C27H39NO5S/c1-6-7-8-9-10-11-12-13-14-23(30)28-27(18(2)3)34-22-17-19(29)24-20(32-4)15-16-21(33-5)25(24)26(22)31/h15-18,27H,6-14H2,1-5H3,(H,28,30). The number of carbonyl (C=O) groups is 3. The number of thioether (sulfide) groups is 1. The van der Waals surface area contributed by atoms with Crippen molar-refractivity contribution >= 4 is 29.2 Å². The van der Waals surface area contributed by atoms with Gasteiger partial charge in [0.05, 0.1) is 35.6 Å². The summed E-state index contributed by atoms with van der Waals surface area (Å²) in [5.41, 5.74) is 0.431. The van der Waals surface area contributed by atoms with E-state index in [4.69, 9.17) is 9.47 Å². The molecule has 188 valence electrons. The largest absolute Gasteiger partial charge is 0.496 e. The van der Waals surface area contributed by atoms with Crippen LogP contribution in [0, 0.1) is 5.92 Å². The summed E-state index contributed by atoms with van der Waals surface area (Å²) in [4.78, 5) is 39.1. The van der Waals surface area contributed by atoms with Gasteiger partial charge >= 0.3 is 0 Å². The lowest BCUT2D eigenvalue weighted by atomic mass is 9.93. The highest BCUT2D eigenvalue weighted by atomic mass is 32.2. The van der Waals surface area contributed by atoms with E-state index in [1.807, 2.05) is 13.8 Å². The van der Waals surface area contributed by atoms with Gasteiger partial charge in [0.2, 0.25) is 11.7 Å². The van der Waals surface area contributed by atoms with Crippen molar-refractivity contribution in [3.63, 3.8) is 0 Å². The average molecular weight is 490 g/mol. The zero-order valence-corrected chi connectivity index (χ0v) is 22.0. The summed E-state index contributed by atoms with van der Waals surface area (Å²) >= 11 is 1.23. The Labute approximate surface area is 208 Å². The highest BCUT2D eigenvalue weighted by Crippen LogP contribution is 2.40. The number of allylic oxidation sites excluding steroid dienone is 2. The van der Waals surface area contributed by atoms with Crippen LogP contribution in [0.2, 0.25) is 0 Å². The highest BCUT2D eigenvalue weighted by molar-refractivity contribution is 8.04. The van der Waals surface area contributed by atoms with Gasteiger partial charge in [0.1, 0.15) is 11.5 Å². The van der Waals surface area contributed by atoms with E-state index in [-0.39, 0.29) is 39.9 Å². The van der Waals surface area contributed by atoms with Crippen LogP contribution in [0.3, 0.4) is 0 Å². The third-order valence-electron chi connectivity index (χ3n) is 5.95. The Morgan fingerprint density at radius 1 is 0.912 bits per heavy atom. The van der Waals surface area contributed by atoms with Crippen molar-refractivity contribution in [1.82, 2.24) is 5.32 Å². The Morgan fingerprint density at radius 2 is 1.47 bits per heavy atom. The minimum absolute atomic E-state index is 0.0213. The molecule has 1 N–H and O–H groups in total. The number of unbranched alkanes of at least 4 members (excludes halogenated alkanes) is 7. The lowest BCUT2D eigenvalue weighted by molar-refractivity contribution is -0.121. The quantitative estimate of drug-likeness (QED) is 0.229. The smallest absolute Gasteiger partial charge is 0.220 e. The Balaban J connectivity index is 1.98. The van der Waals surface area contributed by atoms with Crippen molar-refractivity contribution < 1.29 is 23.9 Å². The summed E-state index contributed by atoms with van der Waals surface area (Å²) < 4.78 is 10.6. The molecule has 0 aliphatic heterocycles. The van der Waals surface area contributed by atoms with Crippen molar-refractivity contribution in [1.29, 1.82) is 0 Å². The van der Waals surface area contributed by atoms with E-state index < -0.39 is 0 Å². The van der Waals surface area contributed by atoms with Gasteiger partial charge < -0.3 is 14.8 Å². The molecular formula is C27H39NO5S. The summed E-state index contributed by atoms with van der Waals surface area (Å²) in [5, 5.41) is 2.74. The molecule has 0 saturated carbocycles. The molecule has 0 fully saturated rings. The number of Topliss-reactive ketones (excluding diaryl/α,β-unsaturated/α-hetero) is 1. The van der Waals surface area contributed by atoms with Crippen molar-refractivity contribution in [3.8, 4) is 11.5 Å². The fraction of sp³-hybridized carbons (Fsp3) is 0.593. The van der Waals surface area contributed by atoms with Crippen LogP contribution >= 0.6 is 11.8 Å². The molecule has 6 nitrogen and oxygen atoms in total. The monoisotopic (exact) mass is 489 g/mol. The number of fused-ring (bicyclic) bond motifs is 1. The van der Waals surface area contributed by atoms with Gasteiger partial charge in [-0.2, -0.15) is 0 Å². The molecule has 0 radical (unpaired) electrons. The summed E-state index contributed by atoms with van der Waals surface area (Å²) in [6.07, 6.45) is 11.2. The van der Waals surface area contributed by atoms with E-state index in [1.165, 1.54) is 64.2 Å². The highest BCUT2D eigenvalue weighted by Gasteiger charge is 2.34. The SMILES string of the molecule is CCCCCCCCCCC(=O)NC(SC1=CC(=O)c2c(OC)ccc(OC)c2C1=O)C(C)C. The van der Waals surface area contributed by atoms with Crippen LogP contribution in [0.5, 0.6) is 11.5 Å². The second-order valence-corrected chi connectivity index (χ2v) is 10.2. The zero-order chi connectivity index (χ0) is 25.1. The summed E-state index contributed by atoms with van der Waals surface area (Å²) in [6, 6.07) is 3.25. The lowest BCUT2D eigenvalue weighted by Gasteiger charge is -2.25. The number of methoxy groups -OCH3 is 2. The van der Waals surface area contributed by atoms with Crippen molar-refractivity contribution in [2.24, 2.45) is 5.92 Å². The van der Waals surface area contributed by atoms with E-state index in [1.54, 1.807) is 12.1 Å². The molecule has 7 heteroatoms. The van der Waals surface area contributed by atoms with Crippen molar-refractivity contribution in [2.45, 2.75) is 83.9 Å². The molecule has 1 atom stereocenters. The maximum absolute atomic E-state index is 13.3. The molecule has 1 aliphatic carbocycles. The van der Waals surface area contributed by atoms with Gasteiger partial charge in [-0.1, -0.05) is 77.5 Å². The molecule has 0 aromatic heterocycles. The van der Waals surface area contributed by atoms with Gasteiger partial charge in [0.15, 0.2) is 5.78 Å². The summed E-state index contributed by atoms with van der Waals surface area (Å²) in [7, 11) is 2.93. The number of carbonyl (C=O) groups excluding carboxylic acids is 3. The van der Waals surface area contributed by atoms with Crippen LogP contribution in [0.25, 0.3) is 0 Å². The first kappa shape index (κ1) is 28.0. The number of hydrogen-bond acceptors (Lipinski definition) is 6. The number of ketones is 2. The summed E-state index contributed by atoms with van der Waals surface area (Å²) in [5.74, 6) is 0.129. The van der Waals surface area contributed by atoms with Crippen molar-refractivity contribution in [3.05, 3.63) is 34.2 Å². The molecule has 0 saturated heterocycles.